The van der Waals surface area contributed by atoms with Crippen molar-refractivity contribution in [2.75, 3.05) is 38.2 Å². The zero-order valence-corrected chi connectivity index (χ0v) is 9.43. The number of rotatable bonds is 3. The second-order valence-electron chi connectivity index (χ2n) is 3.81. The van der Waals surface area contributed by atoms with E-state index in [0.29, 0.717) is 19.8 Å². The van der Waals surface area contributed by atoms with Crippen molar-refractivity contribution in [1.29, 1.82) is 0 Å². The first-order valence-electron chi connectivity index (χ1n) is 5.49. The normalized spacial score (nSPS) is 16.7. The summed E-state index contributed by atoms with van der Waals surface area (Å²) < 4.78 is 5.19. The first kappa shape index (κ1) is 11.8. The smallest absolute Gasteiger partial charge is 0.239 e. The molecule has 2 heterocycles. The van der Waals surface area contributed by atoms with E-state index in [0.717, 1.165) is 13.1 Å². The van der Waals surface area contributed by atoms with E-state index in [9.17, 15) is 9.90 Å². The molecule has 1 saturated heterocycles. The minimum atomic E-state index is -0.180. The van der Waals surface area contributed by atoms with Crippen LogP contribution in [0.3, 0.4) is 0 Å². The monoisotopic (exact) mass is 237 g/mol. The number of ether oxygens (including phenoxy) is 1. The lowest BCUT2D eigenvalue weighted by atomic mass is 10.4. The zero-order chi connectivity index (χ0) is 12.1. The Balaban J connectivity index is 1.86. The first-order valence-corrected chi connectivity index (χ1v) is 5.49. The van der Waals surface area contributed by atoms with Crippen LogP contribution in [0.15, 0.2) is 18.3 Å². The highest BCUT2D eigenvalue weighted by Crippen LogP contribution is 2.17. The van der Waals surface area contributed by atoms with Gasteiger partial charge in [0.25, 0.3) is 0 Å². The molecule has 0 atom stereocenters. The SMILES string of the molecule is O=C(CN1CCOCC1)Nc1ncccc1O. The zero-order valence-electron chi connectivity index (χ0n) is 9.43. The van der Waals surface area contributed by atoms with Crippen LogP contribution >= 0.6 is 0 Å². The quantitative estimate of drug-likeness (QED) is 0.777. The Morgan fingerprint density at radius 1 is 1.53 bits per heavy atom. The molecule has 6 heteroatoms. The maximum absolute atomic E-state index is 11.7. The number of carbonyl (C=O) groups excluding carboxylic acids is 1. The standard InChI is InChI=1S/C11H15N3O3/c15-9-2-1-3-12-11(9)13-10(16)8-14-4-6-17-7-5-14/h1-3,15H,4-8H2,(H,12,13,16). The lowest BCUT2D eigenvalue weighted by molar-refractivity contribution is -0.118. The van der Waals surface area contributed by atoms with Gasteiger partial charge in [-0.25, -0.2) is 4.98 Å². The van der Waals surface area contributed by atoms with Crippen molar-refractivity contribution in [2.24, 2.45) is 0 Å². The molecule has 0 aromatic carbocycles. The van der Waals surface area contributed by atoms with Gasteiger partial charge in [0.2, 0.25) is 5.91 Å². The molecule has 1 aromatic rings. The molecule has 92 valence electrons. The summed E-state index contributed by atoms with van der Waals surface area (Å²) in [4.78, 5) is 17.6. The van der Waals surface area contributed by atoms with E-state index in [-0.39, 0.29) is 17.5 Å². The number of carbonyl (C=O) groups is 1. The summed E-state index contributed by atoms with van der Waals surface area (Å²) in [6, 6.07) is 3.09. The van der Waals surface area contributed by atoms with Crippen LogP contribution in [0.4, 0.5) is 5.82 Å². The Kier molecular flexibility index (Phi) is 3.89. The highest BCUT2D eigenvalue weighted by Gasteiger charge is 2.15. The number of aromatic nitrogens is 1. The Morgan fingerprint density at radius 3 is 3.00 bits per heavy atom. The van der Waals surface area contributed by atoms with Gasteiger partial charge < -0.3 is 15.2 Å². The summed E-state index contributed by atoms with van der Waals surface area (Å²) in [5, 5.41) is 12.0. The van der Waals surface area contributed by atoms with Crippen molar-refractivity contribution in [3.8, 4) is 5.75 Å². The molecule has 6 nitrogen and oxygen atoms in total. The van der Waals surface area contributed by atoms with E-state index < -0.39 is 0 Å². The van der Waals surface area contributed by atoms with Crippen molar-refractivity contribution in [3.05, 3.63) is 18.3 Å². The first-order chi connectivity index (χ1) is 8.25. The highest BCUT2D eigenvalue weighted by atomic mass is 16.5. The number of nitrogens with one attached hydrogen (secondary N) is 1. The number of aromatic hydroxyl groups is 1. The number of pyridine rings is 1. The number of nitrogens with zero attached hydrogens (tertiary/aromatic N) is 2. The van der Waals surface area contributed by atoms with Gasteiger partial charge in [-0.1, -0.05) is 0 Å². The molecule has 1 fully saturated rings. The van der Waals surface area contributed by atoms with Crippen LogP contribution in [0.1, 0.15) is 0 Å². The Bertz CT molecular complexity index is 391. The minimum absolute atomic E-state index is 0.0252. The molecule has 1 amide bonds. The molecule has 0 radical (unpaired) electrons. The van der Waals surface area contributed by atoms with E-state index in [2.05, 4.69) is 10.3 Å². The van der Waals surface area contributed by atoms with Crippen molar-refractivity contribution in [1.82, 2.24) is 9.88 Å². The van der Waals surface area contributed by atoms with E-state index >= 15 is 0 Å². The van der Waals surface area contributed by atoms with Gasteiger partial charge in [0, 0.05) is 19.3 Å². The fraction of sp³-hybridized carbons (Fsp3) is 0.455. The second-order valence-corrected chi connectivity index (χ2v) is 3.81. The van der Waals surface area contributed by atoms with E-state index in [1.165, 1.54) is 12.3 Å². The summed E-state index contributed by atoms with van der Waals surface area (Å²) in [5.74, 6) is -0.00510. The van der Waals surface area contributed by atoms with Crippen LogP contribution in [0, 0.1) is 0 Å². The van der Waals surface area contributed by atoms with E-state index in [4.69, 9.17) is 4.74 Å². The predicted octanol–water partition coefficient (Wildman–Crippen LogP) is 0.0579. The Hall–Kier alpha value is -1.66. The van der Waals surface area contributed by atoms with Gasteiger partial charge in [0.05, 0.1) is 19.8 Å². The van der Waals surface area contributed by atoms with Crippen molar-refractivity contribution in [2.45, 2.75) is 0 Å². The average molecular weight is 237 g/mol. The van der Waals surface area contributed by atoms with Crippen LogP contribution in [-0.2, 0) is 9.53 Å². The molecule has 0 spiro atoms. The lowest BCUT2D eigenvalue weighted by Gasteiger charge is -2.25. The third-order valence-electron chi connectivity index (χ3n) is 2.52. The number of amides is 1. The molecular weight excluding hydrogens is 222 g/mol. The van der Waals surface area contributed by atoms with Crippen molar-refractivity contribution < 1.29 is 14.6 Å². The fourth-order valence-corrected chi connectivity index (χ4v) is 1.63. The van der Waals surface area contributed by atoms with Gasteiger partial charge in [-0.3, -0.25) is 9.69 Å². The van der Waals surface area contributed by atoms with Crippen molar-refractivity contribution in [3.63, 3.8) is 0 Å². The molecular formula is C11H15N3O3. The molecule has 1 aromatic heterocycles. The van der Waals surface area contributed by atoms with Gasteiger partial charge >= 0.3 is 0 Å². The third kappa shape index (κ3) is 3.40. The van der Waals surface area contributed by atoms with Gasteiger partial charge in [0.1, 0.15) is 0 Å². The Labute approximate surface area is 99.2 Å². The predicted molar refractivity (Wildman–Crippen MR) is 61.8 cm³/mol. The minimum Gasteiger partial charge on any atom is -0.504 e. The maximum Gasteiger partial charge on any atom is 0.239 e. The molecule has 2 rings (SSSR count). The summed E-state index contributed by atoms with van der Waals surface area (Å²) in [5.41, 5.74) is 0. The van der Waals surface area contributed by atoms with Crippen LogP contribution in [0.25, 0.3) is 0 Å². The van der Waals surface area contributed by atoms with E-state index in [1.807, 2.05) is 4.90 Å². The summed E-state index contributed by atoms with van der Waals surface area (Å²) >= 11 is 0. The van der Waals surface area contributed by atoms with Gasteiger partial charge in [0.15, 0.2) is 11.6 Å². The molecule has 0 saturated carbocycles. The average Bonchev–Trinajstić information content (AvgIpc) is 2.33. The molecule has 17 heavy (non-hydrogen) atoms. The van der Waals surface area contributed by atoms with Gasteiger partial charge in [-0.2, -0.15) is 0 Å². The van der Waals surface area contributed by atoms with Gasteiger partial charge in [-0.15, -0.1) is 0 Å². The molecule has 1 aliphatic heterocycles. The number of hydrogen-bond acceptors (Lipinski definition) is 5. The molecule has 2 N–H and O–H groups in total. The lowest BCUT2D eigenvalue weighted by Crippen LogP contribution is -2.41. The Morgan fingerprint density at radius 2 is 2.29 bits per heavy atom. The third-order valence-corrected chi connectivity index (χ3v) is 2.52. The van der Waals surface area contributed by atoms with Crippen LogP contribution < -0.4 is 5.32 Å². The second kappa shape index (κ2) is 5.60. The van der Waals surface area contributed by atoms with Crippen LogP contribution in [-0.4, -0.2) is 53.7 Å². The van der Waals surface area contributed by atoms with Crippen LogP contribution in [0.5, 0.6) is 5.75 Å². The van der Waals surface area contributed by atoms with Crippen molar-refractivity contribution >= 4 is 11.7 Å². The van der Waals surface area contributed by atoms with Gasteiger partial charge in [-0.05, 0) is 12.1 Å². The maximum atomic E-state index is 11.7. The highest BCUT2D eigenvalue weighted by molar-refractivity contribution is 5.92. The largest absolute Gasteiger partial charge is 0.504 e. The fourth-order valence-electron chi connectivity index (χ4n) is 1.63. The molecule has 0 bridgehead atoms. The molecule has 1 aliphatic rings. The molecule has 0 unspecified atom stereocenters. The number of morpholine rings is 1. The summed E-state index contributed by atoms with van der Waals surface area (Å²) in [6.45, 7) is 3.10. The summed E-state index contributed by atoms with van der Waals surface area (Å²) in [7, 11) is 0. The number of hydrogen-bond donors (Lipinski definition) is 2. The topological polar surface area (TPSA) is 74.7 Å². The molecule has 0 aliphatic carbocycles. The number of anilines is 1. The van der Waals surface area contributed by atoms with Crippen LogP contribution in [0.2, 0.25) is 0 Å². The summed E-state index contributed by atoms with van der Waals surface area (Å²) in [6.07, 6.45) is 1.52. The van der Waals surface area contributed by atoms with E-state index in [1.54, 1.807) is 6.07 Å².